The summed E-state index contributed by atoms with van der Waals surface area (Å²) in [5, 5.41) is 0.802. The van der Waals surface area contributed by atoms with E-state index in [0.29, 0.717) is 30.8 Å². The molecule has 0 radical (unpaired) electrons. The number of carbonyl (C=O) groups excluding carboxylic acids is 1. The van der Waals surface area contributed by atoms with Crippen LogP contribution in [0.25, 0.3) is 22.1 Å². The number of ether oxygens (including phenoxy) is 2. The van der Waals surface area contributed by atoms with Crippen molar-refractivity contribution >= 4 is 16.9 Å². The monoisotopic (exact) mass is 493 g/mol. The lowest BCUT2D eigenvalue weighted by atomic mass is 10.1. The van der Waals surface area contributed by atoms with Gasteiger partial charge in [-0.3, -0.25) is 9.78 Å². The van der Waals surface area contributed by atoms with Crippen molar-refractivity contribution in [3.8, 4) is 16.9 Å². The first-order valence-corrected chi connectivity index (χ1v) is 13.4. The van der Waals surface area contributed by atoms with Crippen LogP contribution in [0.5, 0.6) is 5.75 Å². The van der Waals surface area contributed by atoms with Crippen molar-refractivity contribution in [2.45, 2.75) is 84.0 Å². The van der Waals surface area contributed by atoms with E-state index in [9.17, 15) is 9.59 Å². The average molecular weight is 494 g/mol. The van der Waals surface area contributed by atoms with E-state index in [1.807, 2.05) is 37.3 Å². The number of esters is 1. The lowest BCUT2D eigenvalue weighted by molar-refractivity contribution is -0.143. The summed E-state index contributed by atoms with van der Waals surface area (Å²) in [4.78, 5) is 27.5. The quantitative estimate of drug-likeness (QED) is 0.143. The van der Waals surface area contributed by atoms with Gasteiger partial charge in [0.1, 0.15) is 11.3 Å². The normalized spacial score (nSPS) is 11.0. The molecule has 0 saturated carbocycles. The molecule has 0 unspecified atom stereocenters. The SMILES string of the molecule is CCC(=O)OCCCCCCCCCCCCCOc1ccc(-c2cc3cnccc3oc2=O)cc1. The lowest BCUT2D eigenvalue weighted by Gasteiger charge is -2.08. The molecule has 0 bridgehead atoms. The second-order valence-electron chi connectivity index (χ2n) is 9.20. The Morgan fingerprint density at radius 3 is 2.08 bits per heavy atom. The molecule has 194 valence electrons. The lowest BCUT2D eigenvalue weighted by Crippen LogP contribution is -2.03. The van der Waals surface area contributed by atoms with Crippen LogP contribution in [0.1, 0.15) is 84.0 Å². The van der Waals surface area contributed by atoms with Gasteiger partial charge < -0.3 is 13.9 Å². The van der Waals surface area contributed by atoms with E-state index in [-0.39, 0.29) is 11.6 Å². The first kappa shape index (κ1) is 27.4. The number of carbonyl (C=O) groups is 1. The zero-order valence-electron chi connectivity index (χ0n) is 21.5. The molecule has 0 aliphatic carbocycles. The van der Waals surface area contributed by atoms with Crippen molar-refractivity contribution in [3.05, 3.63) is 59.2 Å². The molecule has 3 rings (SSSR count). The van der Waals surface area contributed by atoms with Gasteiger partial charge in [0.15, 0.2) is 0 Å². The fraction of sp³-hybridized carbons (Fsp3) is 0.500. The van der Waals surface area contributed by atoms with Crippen LogP contribution in [-0.2, 0) is 9.53 Å². The molecule has 0 saturated heterocycles. The Hall–Kier alpha value is -3.15. The molecule has 2 aromatic heterocycles. The van der Waals surface area contributed by atoms with E-state index in [1.165, 1.54) is 51.4 Å². The van der Waals surface area contributed by atoms with Crippen LogP contribution in [0.3, 0.4) is 0 Å². The second-order valence-corrected chi connectivity index (χ2v) is 9.20. The summed E-state index contributed by atoms with van der Waals surface area (Å²) >= 11 is 0. The van der Waals surface area contributed by atoms with Crippen LogP contribution < -0.4 is 10.4 Å². The standard InChI is InChI=1S/C30H39NO5/c1-2-29(32)35-21-13-11-9-7-5-3-4-6-8-10-12-20-34-26-16-14-24(15-17-26)27-22-25-23-31-19-18-28(25)36-30(27)33/h14-19,22-23H,2-13,20-21H2,1H3. The Morgan fingerprint density at radius 2 is 1.44 bits per heavy atom. The summed E-state index contributed by atoms with van der Waals surface area (Å²) in [6.45, 7) is 3.10. The number of rotatable bonds is 17. The fourth-order valence-electron chi connectivity index (χ4n) is 4.17. The minimum atomic E-state index is -0.353. The number of hydrogen-bond acceptors (Lipinski definition) is 6. The van der Waals surface area contributed by atoms with Crippen molar-refractivity contribution in [3.63, 3.8) is 0 Å². The first-order valence-electron chi connectivity index (χ1n) is 13.4. The number of aromatic nitrogens is 1. The minimum Gasteiger partial charge on any atom is -0.494 e. The topological polar surface area (TPSA) is 78.6 Å². The van der Waals surface area contributed by atoms with Gasteiger partial charge in [-0.25, -0.2) is 4.79 Å². The highest BCUT2D eigenvalue weighted by Crippen LogP contribution is 2.23. The number of pyridine rings is 1. The Balaban J connectivity index is 1.20. The van der Waals surface area contributed by atoms with Gasteiger partial charge in [-0.2, -0.15) is 0 Å². The number of hydrogen-bond donors (Lipinski definition) is 0. The zero-order valence-corrected chi connectivity index (χ0v) is 21.5. The average Bonchev–Trinajstić information content (AvgIpc) is 2.90. The predicted octanol–water partition coefficient (Wildman–Crippen LogP) is 7.48. The summed E-state index contributed by atoms with van der Waals surface area (Å²) < 4.78 is 16.4. The van der Waals surface area contributed by atoms with Crippen LogP contribution in [0.15, 0.2) is 58.0 Å². The third kappa shape index (κ3) is 9.48. The molecule has 2 heterocycles. The maximum Gasteiger partial charge on any atom is 0.344 e. The molecule has 6 heteroatoms. The van der Waals surface area contributed by atoms with Crippen molar-refractivity contribution in [2.24, 2.45) is 0 Å². The van der Waals surface area contributed by atoms with Crippen molar-refractivity contribution < 1.29 is 18.7 Å². The van der Waals surface area contributed by atoms with E-state index in [4.69, 9.17) is 13.9 Å². The number of unbranched alkanes of at least 4 members (excludes halogenated alkanes) is 10. The summed E-state index contributed by atoms with van der Waals surface area (Å²) in [6, 6.07) is 11.1. The molecule has 0 N–H and O–H groups in total. The largest absolute Gasteiger partial charge is 0.494 e. The molecule has 0 atom stereocenters. The molecule has 0 aliphatic heterocycles. The zero-order chi connectivity index (χ0) is 25.4. The predicted molar refractivity (Wildman–Crippen MR) is 143 cm³/mol. The van der Waals surface area contributed by atoms with Crippen LogP contribution >= 0.6 is 0 Å². The summed E-state index contributed by atoms with van der Waals surface area (Å²) in [6.07, 6.45) is 17.1. The first-order chi connectivity index (χ1) is 17.7. The van der Waals surface area contributed by atoms with Crippen molar-refractivity contribution in [1.82, 2.24) is 4.98 Å². The van der Waals surface area contributed by atoms with Crippen LogP contribution in [0.4, 0.5) is 0 Å². The molecule has 0 spiro atoms. The fourth-order valence-corrected chi connectivity index (χ4v) is 4.17. The minimum absolute atomic E-state index is 0.0943. The van der Waals surface area contributed by atoms with Crippen molar-refractivity contribution in [1.29, 1.82) is 0 Å². The van der Waals surface area contributed by atoms with E-state index in [2.05, 4.69) is 4.98 Å². The highest BCUT2D eigenvalue weighted by atomic mass is 16.5. The summed E-state index contributed by atoms with van der Waals surface area (Å²) in [7, 11) is 0. The second kappa shape index (κ2) is 15.8. The Kier molecular flexibility index (Phi) is 12.0. The van der Waals surface area contributed by atoms with Crippen LogP contribution in [0, 0.1) is 0 Å². The molecule has 0 amide bonds. The molecule has 6 nitrogen and oxygen atoms in total. The molecule has 0 fully saturated rings. The number of fused-ring (bicyclic) bond motifs is 1. The maximum absolute atomic E-state index is 12.3. The van der Waals surface area contributed by atoms with Crippen LogP contribution in [-0.4, -0.2) is 24.2 Å². The van der Waals surface area contributed by atoms with Crippen LogP contribution in [0.2, 0.25) is 0 Å². The maximum atomic E-state index is 12.3. The highest BCUT2D eigenvalue weighted by Gasteiger charge is 2.08. The molecular formula is C30H39NO5. The van der Waals surface area contributed by atoms with Gasteiger partial charge in [-0.15, -0.1) is 0 Å². The Morgan fingerprint density at radius 1 is 0.833 bits per heavy atom. The van der Waals surface area contributed by atoms with Gasteiger partial charge in [0, 0.05) is 24.2 Å². The van der Waals surface area contributed by atoms with E-state index < -0.39 is 0 Å². The van der Waals surface area contributed by atoms with E-state index >= 15 is 0 Å². The van der Waals surface area contributed by atoms with Gasteiger partial charge in [-0.1, -0.05) is 76.8 Å². The van der Waals surface area contributed by atoms with Gasteiger partial charge >= 0.3 is 11.6 Å². The molecule has 36 heavy (non-hydrogen) atoms. The Bertz CT molecular complexity index is 1110. The molecular weight excluding hydrogens is 454 g/mol. The van der Waals surface area contributed by atoms with E-state index in [1.54, 1.807) is 18.5 Å². The van der Waals surface area contributed by atoms with Gasteiger partial charge in [0.25, 0.3) is 0 Å². The van der Waals surface area contributed by atoms with Crippen molar-refractivity contribution in [2.75, 3.05) is 13.2 Å². The molecule has 3 aromatic rings. The molecule has 1 aromatic carbocycles. The van der Waals surface area contributed by atoms with E-state index in [0.717, 1.165) is 36.0 Å². The summed E-state index contributed by atoms with van der Waals surface area (Å²) in [5.41, 5.74) is 1.52. The van der Waals surface area contributed by atoms with Gasteiger partial charge in [-0.05, 0) is 42.7 Å². The third-order valence-electron chi connectivity index (χ3n) is 6.31. The Labute approximate surface area is 214 Å². The summed E-state index contributed by atoms with van der Waals surface area (Å²) in [5.74, 6) is 0.720. The van der Waals surface area contributed by atoms with Gasteiger partial charge in [0.2, 0.25) is 0 Å². The number of benzene rings is 1. The molecule has 0 aliphatic rings. The third-order valence-corrected chi connectivity index (χ3v) is 6.31. The van der Waals surface area contributed by atoms with Gasteiger partial charge in [0.05, 0.1) is 18.8 Å². The smallest absolute Gasteiger partial charge is 0.344 e. The highest BCUT2D eigenvalue weighted by molar-refractivity contribution is 5.80. The number of nitrogens with zero attached hydrogens (tertiary/aromatic N) is 1.